The van der Waals surface area contributed by atoms with Crippen molar-refractivity contribution in [3.05, 3.63) is 71.4 Å². The molecule has 1 heterocycles. The van der Waals surface area contributed by atoms with Crippen molar-refractivity contribution in [2.24, 2.45) is 0 Å². The summed E-state index contributed by atoms with van der Waals surface area (Å²) in [7, 11) is 4.57. The zero-order valence-corrected chi connectivity index (χ0v) is 15.9. The van der Waals surface area contributed by atoms with E-state index in [1.807, 2.05) is 36.2 Å². The summed E-state index contributed by atoms with van der Waals surface area (Å²) in [5.41, 5.74) is 3.58. The maximum absolute atomic E-state index is 11.6. The molecule has 3 rings (SSSR count). The molecule has 0 amide bonds. The second-order valence-electron chi connectivity index (χ2n) is 6.19. The van der Waals surface area contributed by atoms with E-state index in [0.717, 1.165) is 17.3 Å². The summed E-state index contributed by atoms with van der Waals surface area (Å²) in [6.45, 7) is 0.433. The van der Waals surface area contributed by atoms with Crippen molar-refractivity contribution in [1.82, 2.24) is 4.98 Å². The predicted octanol–water partition coefficient (Wildman–Crippen LogP) is 3.22. The quantitative estimate of drug-likeness (QED) is 0.527. The Balaban J connectivity index is 2.05. The molecule has 0 bridgehead atoms. The molecule has 5 nitrogen and oxygen atoms in total. The highest BCUT2D eigenvalue weighted by molar-refractivity contribution is 7.27. The topological polar surface area (TPSA) is 70.5 Å². The first kappa shape index (κ1) is 18.7. The molecule has 0 fully saturated rings. The van der Waals surface area contributed by atoms with E-state index in [2.05, 4.69) is 14.2 Å². The van der Waals surface area contributed by atoms with Crippen LogP contribution in [0.25, 0.3) is 11.3 Å². The van der Waals surface area contributed by atoms with Crippen LogP contribution in [0.3, 0.4) is 0 Å². The highest BCUT2D eigenvalue weighted by Gasteiger charge is 2.17. The first-order valence-corrected chi connectivity index (χ1v) is 8.89. The molecule has 0 saturated carbocycles. The van der Waals surface area contributed by atoms with Crippen LogP contribution >= 0.6 is 9.24 Å². The molecule has 0 spiro atoms. The average Bonchev–Trinajstić information content (AvgIpc) is 2.68. The zero-order chi connectivity index (χ0) is 19.4. The summed E-state index contributed by atoms with van der Waals surface area (Å²) in [6.07, 6.45) is 3.00. The Morgan fingerprint density at radius 1 is 1.07 bits per heavy atom. The number of phenols is 1. The number of benzene rings is 2. The van der Waals surface area contributed by atoms with Gasteiger partial charge in [0.2, 0.25) is 0 Å². The van der Waals surface area contributed by atoms with Crippen LogP contribution in [0, 0.1) is 0 Å². The fraction of sp³-hybridized carbons (Fsp3) is 0.0952. The molecule has 1 aromatic heterocycles. The third-order valence-electron chi connectivity index (χ3n) is 4.36. The second-order valence-corrected chi connectivity index (χ2v) is 6.85. The summed E-state index contributed by atoms with van der Waals surface area (Å²) in [6, 6.07) is 14.3. The van der Waals surface area contributed by atoms with E-state index in [0.29, 0.717) is 40.8 Å². The van der Waals surface area contributed by atoms with E-state index < -0.39 is 0 Å². The Labute approximate surface area is 159 Å². The van der Waals surface area contributed by atoms with E-state index >= 15 is 0 Å². The average molecular weight is 378 g/mol. The van der Waals surface area contributed by atoms with E-state index in [4.69, 9.17) is 0 Å². The second kappa shape index (κ2) is 8.11. The molecule has 27 heavy (non-hydrogen) atoms. The van der Waals surface area contributed by atoms with E-state index in [1.165, 1.54) is 6.07 Å². The lowest BCUT2D eigenvalue weighted by Crippen LogP contribution is -2.19. The summed E-state index contributed by atoms with van der Waals surface area (Å²) in [4.78, 5) is 28.9. The van der Waals surface area contributed by atoms with Crippen molar-refractivity contribution in [2.75, 3.05) is 11.9 Å². The number of pyridine rings is 1. The number of aromatic hydroxyl groups is 1. The number of carbonyl (C=O) groups is 2. The monoisotopic (exact) mass is 378 g/mol. The molecule has 136 valence electrons. The minimum absolute atomic E-state index is 0.0496. The third-order valence-corrected chi connectivity index (χ3v) is 4.75. The predicted molar refractivity (Wildman–Crippen MR) is 110 cm³/mol. The molecule has 2 aromatic carbocycles. The van der Waals surface area contributed by atoms with Gasteiger partial charge < -0.3 is 10.0 Å². The van der Waals surface area contributed by atoms with Crippen LogP contribution in [0.15, 0.2) is 54.7 Å². The van der Waals surface area contributed by atoms with Gasteiger partial charge in [-0.1, -0.05) is 18.2 Å². The maximum atomic E-state index is 11.6. The van der Waals surface area contributed by atoms with Crippen molar-refractivity contribution in [2.45, 2.75) is 6.54 Å². The van der Waals surface area contributed by atoms with Gasteiger partial charge in [0.15, 0.2) is 6.29 Å². The van der Waals surface area contributed by atoms with Crippen LogP contribution in [-0.2, 0) is 6.54 Å². The number of rotatable bonds is 6. The Kier molecular flexibility index (Phi) is 5.63. The van der Waals surface area contributed by atoms with Crippen LogP contribution in [0.2, 0.25) is 0 Å². The lowest BCUT2D eigenvalue weighted by molar-refractivity contribution is 0.111. The largest absolute Gasteiger partial charge is 0.507 e. The van der Waals surface area contributed by atoms with Crippen molar-refractivity contribution < 1.29 is 14.7 Å². The fourth-order valence-electron chi connectivity index (χ4n) is 2.90. The third kappa shape index (κ3) is 4.04. The molecule has 0 aliphatic heterocycles. The highest BCUT2D eigenvalue weighted by atomic mass is 31.0. The Morgan fingerprint density at radius 3 is 2.44 bits per heavy atom. The molecule has 1 unspecified atom stereocenters. The lowest BCUT2D eigenvalue weighted by Gasteiger charge is -2.22. The van der Waals surface area contributed by atoms with Gasteiger partial charge in [0, 0.05) is 47.7 Å². The number of aromatic nitrogens is 1. The van der Waals surface area contributed by atoms with Gasteiger partial charge in [-0.25, -0.2) is 0 Å². The van der Waals surface area contributed by atoms with E-state index in [-0.39, 0.29) is 5.75 Å². The van der Waals surface area contributed by atoms with E-state index in [9.17, 15) is 14.7 Å². The van der Waals surface area contributed by atoms with Crippen LogP contribution in [0.4, 0.5) is 5.69 Å². The maximum Gasteiger partial charge on any atom is 0.150 e. The Morgan fingerprint density at radius 2 is 1.81 bits per heavy atom. The number of aldehydes is 2. The van der Waals surface area contributed by atoms with Gasteiger partial charge in [0.05, 0.1) is 5.69 Å². The first-order chi connectivity index (χ1) is 13.0. The molecule has 0 saturated heterocycles. The SMILES string of the molecule is CN(Cc1c(C=O)ccnc1-c1ccc(C=O)cc1O)c1ccc(P)cc1. The smallest absolute Gasteiger partial charge is 0.150 e. The van der Waals surface area contributed by atoms with Gasteiger partial charge in [-0.15, -0.1) is 9.24 Å². The number of phenolic OH excluding ortho intramolecular Hbond substituents is 1. The van der Waals surface area contributed by atoms with Gasteiger partial charge in [0.1, 0.15) is 12.0 Å². The molecule has 0 aliphatic rings. The van der Waals surface area contributed by atoms with Gasteiger partial charge in [-0.05, 0) is 35.6 Å². The van der Waals surface area contributed by atoms with Crippen LogP contribution in [0.1, 0.15) is 26.3 Å². The highest BCUT2D eigenvalue weighted by Crippen LogP contribution is 2.32. The number of hydrogen-bond donors (Lipinski definition) is 1. The van der Waals surface area contributed by atoms with Crippen molar-refractivity contribution >= 4 is 32.8 Å². The van der Waals surface area contributed by atoms with Gasteiger partial charge in [-0.3, -0.25) is 14.6 Å². The lowest BCUT2D eigenvalue weighted by atomic mass is 9.99. The van der Waals surface area contributed by atoms with Gasteiger partial charge in [0.25, 0.3) is 0 Å². The van der Waals surface area contributed by atoms with Crippen LogP contribution < -0.4 is 10.2 Å². The summed E-state index contributed by atoms with van der Waals surface area (Å²) in [5, 5.41) is 11.4. The molecular weight excluding hydrogens is 359 g/mol. The van der Waals surface area contributed by atoms with Crippen LogP contribution in [-0.4, -0.2) is 29.7 Å². The standard InChI is InChI=1S/C21H19N2O3P/c1-23(16-3-5-17(27)6-4-16)11-19-15(13-25)8-9-22-21(19)18-7-2-14(12-24)10-20(18)26/h2-10,12-13,26H,11,27H2,1H3. The minimum Gasteiger partial charge on any atom is -0.507 e. The molecule has 1 N–H and O–H groups in total. The normalized spacial score (nSPS) is 10.4. The molecule has 0 radical (unpaired) electrons. The molecule has 0 aliphatic carbocycles. The Hall–Kier alpha value is -3.04. The van der Waals surface area contributed by atoms with Crippen LogP contribution in [0.5, 0.6) is 5.75 Å². The molecule has 3 aromatic rings. The fourth-order valence-corrected chi connectivity index (χ4v) is 3.09. The number of carbonyl (C=O) groups excluding carboxylic acids is 2. The zero-order valence-electron chi connectivity index (χ0n) is 14.8. The van der Waals surface area contributed by atoms with Crippen molar-refractivity contribution in [3.8, 4) is 17.0 Å². The minimum atomic E-state index is -0.0496. The summed E-state index contributed by atoms with van der Waals surface area (Å²) in [5.74, 6) is -0.0496. The molecule has 1 atom stereocenters. The van der Waals surface area contributed by atoms with Crippen molar-refractivity contribution in [1.29, 1.82) is 0 Å². The van der Waals surface area contributed by atoms with Gasteiger partial charge in [-0.2, -0.15) is 0 Å². The molecular formula is C21H19N2O3P. The van der Waals surface area contributed by atoms with Crippen molar-refractivity contribution in [3.63, 3.8) is 0 Å². The Bertz CT molecular complexity index is 987. The van der Waals surface area contributed by atoms with Gasteiger partial charge >= 0.3 is 0 Å². The van der Waals surface area contributed by atoms with E-state index in [1.54, 1.807) is 24.4 Å². The first-order valence-electron chi connectivity index (χ1n) is 8.31. The number of nitrogens with zero attached hydrogens (tertiary/aromatic N) is 2. The number of hydrogen-bond acceptors (Lipinski definition) is 5. The molecule has 6 heteroatoms. The summed E-state index contributed by atoms with van der Waals surface area (Å²) >= 11 is 0. The number of anilines is 1. The summed E-state index contributed by atoms with van der Waals surface area (Å²) < 4.78 is 0.